The van der Waals surface area contributed by atoms with E-state index in [-0.39, 0.29) is 5.91 Å². The van der Waals surface area contributed by atoms with Crippen LogP contribution in [0.2, 0.25) is 0 Å². The number of nitrogens with one attached hydrogen (secondary N) is 2. The maximum atomic E-state index is 12.2. The van der Waals surface area contributed by atoms with Crippen molar-refractivity contribution in [2.24, 2.45) is 7.05 Å². The summed E-state index contributed by atoms with van der Waals surface area (Å²) in [5.74, 6) is 0.703. The van der Waals surface area contributed by atoms with Crippen LogP contribution in [-0.4, -0.2) is 38.7 Å². The van der Waals surface area contributed by atoms with Gasteiger partial charge in [-0.2, -0.15) is 0 Å². The topological polar surface area (TPSA) is 84.7 Å². The molecule has 0 aliphatic rings. The summed E-state index contributed by atoms with van der Waals surface area (Å²) in [6.45, 7) is 3.41. The van der Waals surface area contributed by atoms with Crippen molar-refractivity contribution in [1.82, 2.24) is 25.1 Å². The highest BCUT2D eigenvalue weighted by Gasteiger charge is 2.11. The van der Waals surface area contributed by atoms with Crippen LogP contribution in [0.1, 0.15) is 29.5 Å². The van der Waals surface area contributed by atoms with Gasteiger partial charge in [0.2, 0.25) is 0 Å². The minimum Gasteiger partial charge on any atom is -0.384 e. The van der Waals surface area contributed by atoms with Crippen LogP contribution in [0.3, 0.4) is 0 Å². The van der Waals surface area contributed by atoms with Gasteiger partial charge in [-0.1, -0.05) is 6.92 Å². The number of hydrogen-bond acceptors (Lipinski definition) is 5. The van der Waals surface area contributed by atoms with Gasteiger partial charge in [0.15, 0.2) is 0 Å². The van der Waals surface area contributed by atoms with Crippen molar-refractivity contribution in [1.29, 1.82) is 0 Å². The molecule has 0 atom stereocenters. The van der Waals surface area contributed by atoms with Crippen LogP contribution in [-0.2, 0) is 13.5 Å². The number of aromatic nitrogens is 4. The number of amides is 1. The molecule has 112 valence electrons. The number of rotatable bonds is 7. The molecule has 0 aromatic carbocycles. The first-order valence-electron chi connectivity index (χ1n) is 7.01. The van der Waals surface area contributed by atoms with Gasteiger partial charge in [-0.15, -0.1) is 10.2 Å². The molecule has 2 aromatic rings. The molecule has 7 heteroatoms. The molecule has 0 bridgehead atoms. The van der Waals surface area contributed by atoms with Crippen molar-refractivity contribution in [2.45, 2.75) is 19.8 Å². The molecular weight excluding hydrogens is 268 g/mol. The Bertz CT molecular complexity index is 595. The monoisotopic (exact) mass is 288 g/mol. The molecule has 0 spiro atoms. The van der Waals surface area contributed by atoms with E-state index < -0.39 is 0 Å². The Hall–Kier alpha value is -2.44. The number of pyridine rings is 1. The molecule has 2 rings (SSSR count). The quantitative estimate of drug-likeness (QED) is 0.794. The summed E-state index contributed by atoms with van der Waals surface area (Å²) in [6, 6.07) is 1.81. The first-order chi connectivity index (χ1) is 10.2. The van der Waals surface area contributed by atoms with Gasteiger partial charge in [-0.3, -0.25) is 9.78 Å². The predicted molar refractivity (Wildman–Crippen MR) is 80.1 cm³/mol. The zero-order valence-electron chi connectivity index (χ0n) is 12.3. The smallest absolute Gasteiger partial charge is 0.254 e. The molecule has 0 unspecified atom stereocenters. The summed E-state index contributed by atoms with van der Waals surface area (Å²) in [5, 5.41) is 13.9. The molecule has 21 heavy (non-hydrogen) atoms. The van der Waals surface area contributed by atoms with Crippen molar-refractivity contribution in [2.75, 3.05) is 18.4 Å². The summed E-state index contributed by atoms with van der Waals surface area (Å²) in [5.41, 5.74) is 1.37. The van der Waals surface area contributed by atoms with Gasteiger partial charge in [-0.05, 0) is 12.5 Å². The van der Waals surface area contributed by atoms with Crippen molar-refractivity contribution < 1.29 is 4.79 Å². The van der Waals surface area contributed by atoms with Gasteiger partial charge in [0.1, 0.15) is 12.2 Å². The molecule has 0 aliphatic heterocycles. The van der Waals surface area contributed by atoms with Crippen molar-refractivity contribution in [3.05, 3.63) is 36.2 Å². The van der Waals surface area contributed by atoms with Gasteiger partial charge in [0.25, 0.3) is 5.91 Å². The SMILES string of the molecule is CCCNc1ccncc1C(=O)NCCc1nncn1C. The van der Waals surface area contributed by atoms with Crippen molar-refractivity contribution in [3.8, 4) is 0 Å². The van der Waals surface area contributed by atoms with E-state index in [1.165, 1.54) is 0 Å². The minimum absolute atomic E-state index is 0.135. The Morgan fingerprint density at radius 3 is 2.95 bits per heavy atom. The molecule has 2 aromatic heterocycles. The largest absolute Gasteiger partial charge is 0.384 e. The number of anilines is 1. The fourth-order valence-corrected chi connectivity index (χ4v) is 1.91. The summed E-state index contributed by atoms with van der Waals surface area (Å²) >= 11 is 0. The highest BCUT2D eigenvalue weighted by atomic mass is 16.1. The lowest BCUT2D eigenvalue weighted by Gasteiger charge is -2.11. The standard InChI is InChI=1S/C14H20N6O/c1-3-6-16-12-4-7-15-9-11(12)14(21)17-8-5-13-19-18-10-20(13)2/h4,7,9-10H,3,5-6,8H2,1-2H3,(H,15,16)(H,17,21). The second-order valence-corrected chi connectivity index (χ2v) is 4.71. The molecule has 2 heterocycles. The van der Waals surface area contributed by atoms with Gasteiger partial charge < -0.3 is 15.2 Å². The van der Waals surface area contributed by atoms with E-state index in [1.807, 2.05) is 17.7 Å². The number of nitrogens with zero attached hydrogens (tertiary/aromatic N) is 4. The van der Waals surface area contributed by atoms with E-state index in [0.29, 0.717) is 18.5 Å². The lowest BCUT2D eigenvalue weighted by atomic mass is 10.2. The third kappa shape index (κ3) is 4.01. The fraction of sp³-hybridized carbons (Fsp3) is 0.429. The minimum atomic E-state index is -0.135. The summed E-state index contributed by atoms with van der Waals surface area (Å²) in [7, 11) is 1.88. The van der Waals surface area contributed by atoms with Gasteiger partial charge in [-0.25, -0.2) is 0 Å². The van der Waals surface area contributed by atoms with Crippen LogP contribution in [0.25, 0.3) is 0 Å². The maximum Gasteiger partial charge on any atom is 0.254 e. The normalized spacial score (nSPS) is 10.4. The number of hydrogen-bond donors (Lipinski definition) is 2. The molecule has 7 nitrogen and oxygen atoms in total. The van der Waals surface area contributed by atoms with Crippen LogP contribution in [0, 0.1) is 0 Å². The Balaban J connectivity index is 1.92. The maximum absolute atomic E-state index is 12.2. The Morgan fingerprint density at radius 2 is 2.24 bits per heavy atom. The number of carbonyl (C=O) groups is 1. The van der Waals surface area contributed by atoms with Gasteiger partial charge in [0.05, 0.1) is 11.3 Å². The lowest BCUT2D eigenvalue weighted by Crippen LogP contribution is -2.27. The zero-order valence-corrected chi connectivity index (χ0v) is 12.3. The third-order valence-corrected chi connectivity index (χ3v) is 3.07. The van der Waals surface area contributed by atoms with E-state index >= 15 is 0 Å². The van der Waals surface area contributed by atoms with Crippen LogP contribution < -0.4 is 10.6 Å². The Labute approximate surface area is 123 Å². The third-order valence-electron chi connectivity index (χ3n) is 3.07. The van der Waals surface area contributed by atoms with Crippen LogP contribution in [0.5, 0.6) is 0 Å². The molecule has 0 fully saturated rings. The zero-order chi connectivity index (χ0) is 15.1. The van der Waals surface area contributed by atoms with Crippen molar-refractivity contribution >= 4 is 11.6 Å². The molecule has 0 saturated carbocycles. The molecule has 0 aliphatic carbocycles. The first-order valence-corrected chi connectivity index (χ1v) is 7.01. The molecule has 2 N–H and O–H groups in total. The van der Waals surface area contributed by atoms with E-state index in [2.05, 4.69) is 32.7 Å². The van der Waals surface area contributed by atoms with Crippen LogP contribution in [0.4, 0.5) is 5.69 Å². The lowest BCUT2D eigenvalue weighted by molar-refractivity contribution is 0.0954. The molecule has 0 saturated heterocycles. The number of carbonyl (C=O) groups excluding carboxylic acids is 1. The van der Waals surface area contributed by atoms with Crippen LogP contribution in [0.15, 0.2) is 24.8 Å². The average molecular weight is 288 g/mol. The van der Waals surface area contributed by atoms with E-state index in [0.717, 1.165) is 24.5 Å². The first kappa shape index (κ1) is 15.0. The predicted octanol–water partition coefficient (Wildman–Crippen LogP) is 1.00. The van der Waals surface area contributed by atoms with Gasteiger partial charge >= 0.3 is 0 Å². The molecule has 1 amide bonds. The molecule has 0 radical (unpaired) electrons. The number of aryl methyl sites for hydroxylation is 1. The summed E-state index contributed by atoms with van der Waals surface area (Å²) in [6.07, 6.45) is 6.53. The average Bonchev–Trinajstić information content (AvgIpc) is 2.91. The molecular formula is C14H20N6O. The summed E-state index contributed by atoms with van der Waals surface area (Å²) < 4.78 is 1.84. The fourth-order valence-electron chi connectivity index (χ4n) is 1.91. The Kier molecular flexibility index (Phi) is 5.25. The van der Waals surface area contributed by atoms with Gasteiger partial charge in [0, 0.05) is 39.0 Å². The van der Waals surface area contributed by atoms with E-state index in [9.17, 15) is 4.79 Å². The highest BCUT2D eigenvalue weighted by Crippen LogP contribution is 2.13. The van der Waals surface area contributed by atoms with Crippen molar-refractivity contribution in [3.63, 3.8) is 0 Å². The van der Waals surface area contributed by atoms with E-state index in [1.54, 1.807) is 18.7 Å². The highest BCUT2D eigenvalue weighted by molar-refractivity contribution is 5.99. The second kappa shape index (κ2) is 7.37. The van der Waals surface area contributed by atoms with E-state index in [4.69, 9.17) is 0 Å². The second-order valence-electron chi connectivity index (χ2n) is 4.71. The summed E-state index contributed by atoms with van der Waals surface area (Å²) in [4.78, 5) is 16.2. The Morgan fingerprint density at radius 1 is 1.38 bits per heavy atom. The van der Waals surface area contributed by atoms with Crippen LogP contribution >= 0.6 is 0 Å².